The standard InChI is InChI=1S/C16H24N2O/c1-5-14-8-6-12(3)18(14)16(19)15-9-7-13(17-4)10-11(15)2/h7,9-10,12,14,17H,5-6,8H2,1-4H3. The lowest BCUT2D eigenvalue weighted by Gasteiger charge is -2.28. The SMILES string of the molecule is CCC1CCC(C)N1C(=O)c1ccc(NC)cc1C. The maximum atomic E-state index is 12.8. The lowest BCUT2D eigenvalue weighted by atomic mass is 10.1. The molecule has 2 rings (SSSR count). The van der Waals surface area contributed by atoms with Gasteiger partial charge in [-0.1, -0.05) is 6.92 Å². The van der Waals surface area contributed by atoms with Crippen molar-refractivity contribution in [1.82, 2.24) is 4.90 Å². The maximum Gasteiger partial charge on any atom is 0.254 e. The Hall–Kier alpha value is -1.51. The lowest BCUT2D eigenvalue weighted by Crippen LogP contribution is -2.40. The molecule has 0 aliphatic carbocycles. The fraction of sp³-hybridized carbons (Fsp3) is 0.562. The first kappa shape index (κ1) is 13.9. The van der Waals surface area contributed by atoms with Crippen molar-refractivity contribution in [1.29, 1.82) is 0 Å². The van der Waals surface area contributed by atoms with Gasteiger partial charge in [0.25, 0.3) is 5.91 Å². The Morgan fingerprint density at radius 1 is 1.42 bits per heavy atom. The Morgan fingerprint density at radius 3 is 2.74 bits per heavy atom. The Labute approximate surface area is 116 Å². The fourth-order valence-electron chi connectivity index (χ4n) is 3.04. The highest BCUT2D eigenvalue weighted by Gasteiger charge is 2.33. The highest BCUT2D eigenvalue weighted by molar-refractivity contribution is 5.96. The van der Waals surface area contributed by atoms with Gasteiger partial charge in [-0.2, -0.15) is 0 Å². The minimum atomic E-state index is 0.192. The normalized spacial score (nSPS) is 22.6. The van der Waals surface area contributed by atoms with Gasteiger partial charge in [0.1, 0.15) is 0 Å². The molecule has 1 amide bonds. The van der Waals surface area contributed by atoms with Gasteiger partial charge in [-0.15, -0.1) is 0 Å². The number of benzene rings is 1. The van der Waals surface area contributed by atoms with E-state index in [4.69, 9.17) is 0 Å². The smallest absolute Gasteiger partial charge is 0.254 e. The number of hydrogen-bond donors (Lipinski definition) is 1. The van der Waals surface area contributed by atoms with Crippen LogP contribution in [0.15, 0.2) is 18.2 Å². The van der Waals surface area contributed by atoms with E-state index in [9.17, 15) is 4.79 Å². The molecule has 0 radical (unpaired) electrons. The summed E-state index contributed by atoms with van der Waals surface area (Å²) in [5, 5.41) is 3.11. The van der Waals surface area contributed by atoms with Crippen LogP contribution in [-0.4, -0.2) is 29.9 Å². The molecule has 1 N–H and O–H groups in total. The second-order valence-electron chi connectivity index (χ2n) is 5.48. The number of amides is 1. The van der Waals surface area contributed by atoms with Crippen LogP contribution in [0.25, 0.3) is 0 Å². The van der Waals surface area contributed by atoms with Crippen LogP contribution in [0.2, 0.25) is 0 Å². The van der Waals surface area contributed by atoms with E-state index in [1.807, 2.05) is 32.2 Å². The predicted octanol–water partition coefficient (Wildman–Crippen LogP) is 3.44. The third kappa shape index (κ3) is 2.60. The topological polar surface area (TPSA) is 32.3 Å². The molecule has 2 unspecified atom stereocenters. The van der Waals surface area contributed by atoms with Crippen LogP contribution in [0.4, 0.5) is 5.69 Å². The zero-order valence-electron chi connectivity index (χ0n) is 12.4. The molecule has 1 aromatic carbocycles. The van der Waals surface area contributed by atoms with Crippen molar-refractivity contribution in [3.8, 4) is 0 Å². The number of carbonyl (C=O) groups excluding carboxylic acids is 1. The van der Waals surface area contributed by atoms with Gasteiger partial charge in [-0.3, -0.25) is 4.79 Å². The summed E-state index contributed by atoms with van der Waals surface area (Å²) in [6, 6.07) is 6.73. The average Bonchev–Trinajstić information content (AvgIpc) is 2.78. The van der Waals surface area contributed by atoms with Gasteiger partial charge in [0, 0.05) is 30.4 Å². The molecular formula is C16H24N2O. The van der Waals surface area contributed by atoms with Gasteiger partial charge >= 0.3 is 0 Å². The Balaban J connectivity index is 2.28. The number of rotatable bonds is 3. The van der Waals surface area contributed by atoms with Gasteiger partial charge < -0.3 is 10.2 Å². The first-order chi connectivity index (χ1) is 9.08. The van der Waals surface area contributed by atoms with Gasteiger partial charge in [-0.05, 0) is 56.9 Å². The largest absolute Gasteiger partial charge is 0.388 e. The molecule has 0 aromatic heterocycles. The number of likely N-dealkylation sites (tertiary alicyclic amines) is 1. The Kier molecular flexibility index (Phi) is 4.13. The van der Waals surface area contributed by atoms with E-state index in [-0.39, 0.29) is 5.91 Å². The minimum absolute atomic E-state index is 0.192. The summed E-state index contributed by atoms with van der Waals surface area (Å²) < 4.78 is 0. The first-order valence-corrected chi connectivity index (χ1v) is 7.19. The van der Waals surface area contributed by atoms with Gasteiger partial charge in [0.05, 0.1) is 0 Å². The third-order valence-electron chi connectivity index (χ3n) is 4.24. The van der Waals surface area contributed by atoms with Gasteiger partial charge in [0.2, 0.25) is 0 Å². The molecule has 1 heterocycles. The summed E-state index contributed by atoms with van der Waals surface area (Å²) in [6.07, 6.45) is 3.30. The monoisotopic (exact) mass is 260 g/mol. The zero-order chi connectivity index (χ0) is 14.0. The van der Waals surface area contributed by atoms with Crippen molar-refractivity contribution >= 4 is 11.6 Å². The first-order valence-electron chi connectivity index (χ1n) is 7.19. The maximum absolute atomic E-state index is 12.8. The number of carbonyl (C=O) groups is 1. The molecule has 19 heavy (non-hydrogen) atoms. The number of nitrogens with zero attached hydrogens (tertiary/aromatic N) is 1. The highest BCUT2D eigenvalue weighted by Crippen LogP contribution is 2.29. The molecule has 0 bridgehead atoms. The molecule has 2 atom stereocenters. The molecule has 3 heteroatoms. The summed E-state index contributed by atoms with van der Waals surface area (Å²) in [5.41, 5.74) is 2.94. The lowest BCUT2D eigenvalue weighted by molar-refractivity contribution is 0.0675. The second kappa shape index (κ2) is 5.64. The molecule has 1 saturated heterocycles. The molecule has 1 aliphatic rings. The Bertz CT molecular complexity index is 470. The quantitative estimate of drug-likeness (QED) is 0.903. The summed E-state index contributed by atoms with van der Waals surface area (Å²) in [5.74, 6) is 0.192. The fourth-order valence-corrected chi connectivity index (χ4v) is 3.04. The van der Waals surface area contributed by atoms with E-state index in [1.54, 1.807) is 0 Å². The molecule has 0 spiro atoms. The average molecular weight is 260 g/mol. The molecule has 3 nitrogen and oxygen atoms in total. The van der Waals surface area contributed by atoms with E-state index >= 15 is 0 Å². The minimum Gasteiger partial charge on any atom is -0.388 e. The van der Waals surface area contributed by atoms with E-state index in [0.717, 1.165) is 36.1 Å². The summed E-state index contributed by atoms with van der Waals surface area (Å²) in [6.45, 7) is 6.33. The van der Waals surface area contributed by atoms with Crippen LogP contribution >= 0.6 is 0 Å². The third-order valence-corrected chi connectivity index (χ3v) is 4.24. The van der Waals surface area contributed by atoms with E-state index in [2.05, 4.69) is 24.1 Å². The summed E-state index contributed by atoms with van der Waals surface area (Å²) in [4.78, 5) is 14.8. The van der Waals surface area contributed by atoms with E-state index in [0.29, 0.717) is 12.1 Å². The zero-order valence-corrected chi connectivity index (χ0v) is 12.4. The van der Waals surface area contributed by atoms with Crippen molar-refractivity contribution < 1.29 is 4.79 Å². The Morgan fingerprint density at radius 2 is 2.16 bits per heavy atom. The van der Waals surface area contributed by atoms with Crippen LogP contribution in [0.1, 0.15) is 49.0 Å². The number of anilines is 1. The number of nitrogens with one attached hydrogen (secondary N) is 1. The van der Waals surface area contributed by atoms with Crippen LogP contribution < -0.4 is 5.32 Å². The van der Waals surface area contributed by atoms with Gasteiger partial charge in [-0.25, -0.2) is 0 Å². The number of hydrogen-bond acceptors (Lipinski definition) is 2. The predicted molar refractivity (Wildman–Crippen MR) is 79.7 cm³/mol. The summed E-state index contributed by atoms with van der Waals surface area (Å²) >= 11 is 0. The van der Waals surface area contributed by atoms with Crippen molar-refractivity contribution in [2.45, 2.75) is 52.1 Å². The number of aryl methyl sites for hydroxylation is 1. The van der Waals surface area contributed by atoms with Crippen molar-refractivity contribution in [2.24, 2.45) is 0 Å². The van der Waals surface area contributed by atoms with Gasteiger partial charge in [0.15, 0.2) is 0 Å². The molecule has 0 saturated carbocycles. The van der Waals surface area contributed by atoms with Crippen LogP contribution in [0, 0.1) is 6.92 Å². The molecule has 1 fully saturated rings. The van der Waals surface area contributed by atoms with Crippen LogP contribution in [0.5, 0.6) is 0 Å². The summed E-state index contributed by atoms with van der Waals surface area (Å²) in [7, 11) is 1.89. The van der Waals surface area contributed by atoms with Crippen molar-refractivity contribution in [2.75, 3.05) is 12.4 Å². The highest BCUT2D eigenvalue weighted by atomic mass is 16.2. The van der Waals surface area contributed by atoms with Crippen LogP contribution in [0.3, 0.4) is 0 Å². The van der Waals surface area contributed by atoms with Crippen molar-refractivity contribution in [3.63, 3.8) is 0 Å². The van der Waals surface area contributed by atoms with E-state index < -0.39 is 0 Å². The van der Waals surface area contributed by atoms with E-state index in [1.165, 1.54) is 0 Å². The molecule has 104 valence electrons. The molecular weight excluding hydrogens is 236 g/mol. The van der Waals surface area contributed by atoms with Crippen molar-refractivity contribution in [3.05, 3.63) is 29.3 Å². The molecule has 1 aromatic rings. The van der Waals surface area contributed by atoms with Crippen LogP contribution in [-0.2, 0) is 0 Å². The second-order valence-corrected chi connectivity index (χ2v) is 5.48. The molecule has 1 aliphatic heterocycles.